The summed E-state index contributed by atoms with van der Waals surface area (Å²) in [4.78, 5) is 26.1. The van der Waals surface area contributed by atoms with Gasteiger partial charge in [-0.1, -0.05) is 23.7 Å². The van der Waals surface area contributed by atoms with Gasteiger partial charge in [-0.2, -0.15) is 5.10 Å². The van der Waals surface area contributed by atoms with E-state index in [4.69, 9.17) is 11.6 Å². The molecule has 0 fully saturated rings. The molecule has 0 saturated carbocycles. The highest BCUT2D eigenvalue weighted by Gasteiger charge is 2.32. The quantitative estimate of drug-likeness (QED) is 0.725. The first-order valence-corrected chi connectivity index (χ1v) is 9.27. The first kappa shape index (κ1) is 18.4. The Kier molecular flexibility index (Phi) is 4.98. The van der Waals surface area contributed by atoms with Gasteiger partial charge >= 0.3 is 0 Å². The summed E-state index contributed by atoms with van der Waals surface area (Å²) in [6.07, 6.45) is 0. The molecule has 0 atom stereocenters. The Morgan fingerprint density at radius 1 is 1.23 bits per heavy atom. The fraction of sp³-hybridized carbons (Fsp3) is 0.211. The van der Waals surface area contributed by atoms with Gasteiger partial charge in [0.1, 0.15) is 11.2 Å². The third-order valence-corrected chi connectivity index (χ3v) is 5.39. The average Bonchev–Trinajstić information content (AvgIpc) is 3.13. The van der Waals surface area contributed by atoms with Gasteiger partial charge in [-0.3, -0.25) is 9.59 Å². The Morgan fingerprint density at radius 3 is 2.65 bits per heavy atom. The Bertz CT molecular complexity index is 1010. The molecule has 0 bridgehead atoms. The lowest BCUT2D eigenvalue weighted by Crippen LogP contribution is -2.47. The minimum atomic E-state index is -1.18. The van der Waals surface area contributed by atoms with Crippen LogP contribution in [0.25, 0.3) is 10.6 Å². The number of carbonyl (C=O) groups is 1. The fourth-order valence-electron chi connectivity index (χ4n) is 2.42. The van der Waals surface area contributed by atoms with Gasteiger partial charge < -0.3 is 5.32 Å². The maximum absolute atomic E-state index is 12.8. The number of anilines is 1. The predicted molar refractivity (Wildman–Crippen MR) is 106 cm³/mol. The van der Waals surface area contributed by atoms with Crippen molar-refractivity contribution in [2.45, 2.75) is 26.3 Å². The smallest absolute Gasteiger partial charge is 0.267 e. The summed E-state index contributed by atoms with van der Waals surface area (Å²) in [5.74, 6) is -0.352. The van der Waals surface area contributed by atoms with E-state index >= 15 is 0 Å². The van der Waals surface area contributed by atoms with E-state index < -0.39 is 5.54 Å². The fourth-order valence-corrected chi connectivity index (χ4v) is 3.29. The normalized spacial score (nSPS) is 11.4. The molecule has 0 aliphatic heterocycles. The minimum absolute atomic E-state index is 0.340. The van der Waals surface area contributed by atoms with E-state index in [0.717, 1.165) is 10.4 Å². The van der Waals surface area contributed by atoms with Crippen LogP contribution in [0.1, 0.15) is 19.4 Å². The minimum Gasteiger partial charge on any atom is -0.324 e. The molecule has 1 aromatic carbocycles. The van der Waals surface area contributed by atoms with E-state index in [1.54, 1.807) is 32.0 Å². The molecule has 0 spiro atoms. The molecule has 1 amide bonds. The highest BCUT2D eigenvalue weighted by Crippen LogP contribution is 2.24. The molecule has 5 nitrogen and oxygen atoms in total. The summed E-state index contributed by atoms with van der Waals surface area (Å²) in [5, 5.41) is 9.72. The Balaban J connectivity index is 1.93. The Hall–Kier alpha value is -2.44. The van der Waals surface area contributed by atoms with Gasteiger partial charge in [0.2, 0.25) is 0 Å². The number of nitrogens with zero attached hydrogens (tertiary/aromatic N) is 2. The number of nitrogens with one attached hydrogen (secondary N) is 1. The van der Waals surface area contributed by atoms with Crippen LogP contribution in [0, 0.1) is 6.92 Å². The van der Waals surface area contributed by atoms with Crippen molar-refractivity contribution in [2.24, 2.45) is 0 Å². The van der Waals surface area contributed by atoms with Gasteiger partial charge in [0.15, 0.2) is 0 Å². The predicted octanol–water partition coefficient (Wildman–Crippen LogP) is 4.31. The molecular formula is C19H18ClN3O2S. The number of carbonyl (C=O) groups excluding carboxylic acids is 1. The average molecular weight is 388 g/mol. The molecule has 0 unspecified atom stereocenters. The first-order valence-electron chi connectivity index (χ1n) is 8.01. The maximum atomic E-state index is 12.8. The first-order chi connectivity index (χ1) is 12.3. The van der Waals surface area contributed by atoms with Gasteiger partial charge in [-0.05, 0) is 56.0 Å². The second kappa shape index (κ2) is 7.05. The van der Waals surface area contributed by atoms with E-state index in [2.05, 4.69) is 10.4 Å². The van der Waals surface area contributed by atoms with Crippen molar-refractivity contribution >= 4 is 34.5 Å². The molecule has 2 heterocycles. The number of amides is 1. The molecule has 1 N–H and O–H groups in total. The highest BCUT2D eigenvalue weighted by molar-refractivity contribution is 7.13. The van der Waals surface area contributed by atoms with Crippen molar-refractivity contribution in [3.05, 3.63) is 68.8 Å². The van der Waals surface area contributed by atoms with E-state index in [-0.39, 0.29) is 11.5 Å². The zero-order valence-corrected chi connectivity index (χ0v) is 16.2. The van der Waals surface area contributed by atoms with Crippen molar-refractivity contribution in [3.8, 4) is 10.6 Å². The molecular weight excluding hydrogens is 370 g/mol. The standard InChI is InChI=1S/C19H18ClN3O2S/c1-12-6-7-13(11-14(12)20)21-18(25)19(2,3)23-17(24)9-8-15(22-23)16-5-4-10-26-16/h4-11H,1-3H3,(H,21,25). The number of rotatable bonds is 4. The second-order valence-electron chi connectivity index (χ2n) is 6.42. The molecule has 0 radical (unpaired) electrons. The van der Waals surface area contributed by atoms with Crippen LogP contribution in [0.3, 0.4) is 0 Å². The van der Waals surface area contributed by atoms with Crippen molar-refractivity contribution < 1.29 is 4.79 Å². The van der Waals surface area contributed by atoms with Crippen molar-refractivity contribution in [1.29, 1.82) is 0 Å². The van der Waals surface area contributed by atoms with Crippen molar-refractivity contribution in [1.82, 2.24) is 9.78 Å². The van der Waals surface area contributed by atoms with E-state index in [1.165, 1.54) is 22.1 Å². The lowest BCUT2D eigenvalue weighted by atomic mass is 10.0. The summed E-state index contributed by atoms with van der Waals surface area (Å²) in [7, 11) is 0. The van der Waals surface area contributed by atoms with Gasteiger partial charge in [0, 0.05) is 16.8 Å². The number of aryl methyl sites for hydroxylation is 1. The van der Waals surface area contributed by atoms with E-state index in [0.29, 0.717) is 16.4 Å². The lowest BCUT2D eigenvalue weighted by molar-refractivity contribution is -0.123. The number of hydrogen-bond acceptors (Lipinski definition) is 4. The van der Waals surface area contributed by atoms with Crippen LogP contribution >= 0.6 is 22.9 Å². The van der Waals surface area contributed by atoms with Gasteiger partial charge in [0.05, 0.1) is 4.88 Å². The highest BCUT2D eigenvalue weighted by atomic mass is 35.5. The number of aromatic nitrogens is 2. The van der Waals surface area contributed by atoms with Crippen LogP contribution in [-0.2, 0) is 10.3 Å². The Morgan fingerprint density at radius 2 is 2.00 bits per heavy atom. The second-order valence-corrected chi connectivity index (χ2v) is 7.78. The zero-order chi connectivity index (χ0) is 18.9. The van der Waals surface area contributed by atoms with Crippen LogP contribution < -0.4 is 10.9 Å². The van der Waals surface area contributed by atoms with Crippen LogP contribution in [0.5, 0.6) is 0 Å². The van der Waals surface area contributed by atoms with Gasteiger partial charge in [-0.25, -0.2) is 4.68 Å². The summed E-state index contributed by atoms with van der Waals surface area (Å²) in [6, 6.07) is 12.2. The lowest BCUT2D eigenvalue weighted by Gasteiger charge is -2.25. The van der Waals surface area contributed by atoms with Crippen molar-refractivity contribution in [2.75, 3.05) is 5.32 Å². The summed E-state index contributed by atoms with van der Waals surface area (Å²) >= 11 is 7.64. The number of benzene rings is 1. The van der Waals surface area contributed by atoms with Crippen LogP contribution in [0.2, 0.25) is 5.02 Å². The molecule has 0 saturated heterocycles. The third-order valence-electron chi connectivity index (χ3n) is 4.09. The molecule has 3 aromatic rings. The largest absolute Gasteiger partial charge is 0.324 e. The molecule has 26 heavy (non-hydrogen) atoms. The monoisotopic (exact) mass is 387 g/mol. The number of thiophene rings is 1. The molecule has 2 aromatic heterocycles. The summed E-state index contributed by atoms with van der Waals surface area (Å²) < 4.78 is 1.22. The molecule has 7 heteroatoms. The number of hydrogen-bond donors (Lipinski definition) is 1. The molecule has 0 aliphatic carbocycles. The van der Waals surface area contributed by atoms with E-state index in [1.807, 2.05) is 30.5 Å². The Labute approximate surface area is 160 Å². The summed E-state index contributed by atoms with van der Waals surface area (Å²) in [5.41, 5.74) is 0.625. The van der Waals surface area contributed by atoms with Crippen LogP contribution in [-0.4, -0.2) is 15.7 Å². The third kappa shape index (κ3) is 3.57. The molecule has 0 aliphatic rings. The maximum Gasteiger partial charge on any atom is 0.267 e. The van der Waals surface area contributed by atoms with Gasteiger partial charge in [0.25, 0.3) is 11.5 Å². The number of halogens is 1. The van der Waals surface area contributed by atoms with Crippen LogP contribution in [0.15, 0.2) is 52.6 Å². The summed E-state index contributed by atoms with van der Waals surface area (Å²) in [6.45, 7) is 5.20. The SMILES string of the molecule is Cc1ccc(NC(=O)C(C)(C)n2nc(-c3cccs3)ccc2=O)cc1Cl. The topological polar surface area (TPSA) is 64.0 Å². The van der Waals surface area contributed by atoms with E-state index in [9.17, 15) is 9.59 Å². The molecule has 134 valence electrons. The van der Waals surface area contributed by atoms with Gasteiger partial charge in [-0.15, -0.1) is 11.3 Å². The van der Waals surface area contributed by atoms with Crippen LogP contribution in [0.4, 0.5) is 5.69 Å². The zero-order valence-electron chi connectivity index (χ0n) is 14.6. The molecule has 3 rings (SSSR count). The van der Waals surface area contributed by atoms with Crippen molar-refractivity contribution in [3.63, 3.8) is 0 Å².